The summed E-state index contributed by atoms with van der Waals surface area (Å²) >= 11 is 19.6. The molecule has 0 aliphatic rings. The summed E-state index contributed by atoms with van der Waals surface area (Å²) in [6.07, 6.45) is 1.94. The lowest BCUT2D eigenvalue weighted by molar-refractivity contribution is 0.101. The molecule has 2 aromatic carbocycles. The van der Waals surface area contributed by atoms with Crippen LogP contribution in [0.3, 0.4) is 0 Å². The highest BCUT2D eigenvalue weighted by Crippen LogP contribution is 2.40. The number of carbonyl (C=O) groups is 1. The molecule has 21 heavy (non-hydrogen) atoms. The minimum absolute atomic E-state index is 0.0983. The Morgan fingerprint density at radius 3 is 2.24 bits per heavy atom. The fourth-order valence-electron chi connectivity index (χ4n) is 1.74. The van der Waals surface area contributed by atoms with Gasteiger partial charge in [-0.1, -0.05) is 34.8 Å². The predicted octanol–water partition coefficient (Wildman–Crippen LogP) is 6.36. The van der Waals surface area contributed by atoms with Crippen molar-refractivity contribution < 1.29 is 9.53 Å². The molecule has 0 aliphatic heterocycles. The van der Waals surface area contributed by atoms with Gasteiger partial charge in [0.05, 0.1) is 15.6 Å². The maximum absolute atomic E-state index is 11.7. The molecule has 0 N–H and O–H groups in total. The topological polar surface area (TPSA) is 26.3 Å². The van der Waals surface area contributed by atoms with Crippen LogP contribution >= 0.6 is 46.6 Å². The number of ether oxygens (including phenoxy) is 1. The zero-order chi connectivity index (χ0) is 15.6. The van der Waals surface area contributed by atoms with E-state index in [1.165, 1.54) is 19.1 Å². The highest BCUT2D eigenvalue weighted by molar-refractivity contribution is 7.98. The Labute approximate surface area is 142 Å². The average Bonchev–Trinajstić information content (AvgIpc) is 2.42. The number of hydrogen-bond acceptors (Lipinski definition) is 3. The van der Waals surface area contributed by atoms with Crippen molar-refractivity contribution in [3.05, 3.63) is 51.0 Å². The van der Waals surface area contributed by atoms with Crippen molar-refractivity contribution in [2.45, 2.75) is 11.8 Å². The van der Waals surface area contributed by atoms with Gasteiger partial charge in [-0.25, -0.2) is 0 Å². The van der Waals surface area contributed by atoms with Crippen molar-refractivity contribution >= 4 is 52.3 Å². The Hall–Kier alpha value is -0.870. The highest BCUT2D eigenvalue weighted by atomic mass is 35.5. The van der Waals surface area contributed by atoms with Crippen molar-refractivity contribution in [3.8, 4) is 11.5 Å². The lowest BCUT2D eigenvalue weighted by atomic mass is 10.1. The summed E-state index contributed by atoms with van der Waals surface area (Å²) in [5, 5.41) is 0.995. The molecule has 0 atom stereocenters. The number of halogens is 3. The summed E-state index contributed by atoms with van der Waals surface area (Å²) in [4.78, 5) is 12.7. The largest absolute Gasteiger partial charge is 0.453 e. The lowest BCUT2D eigenvalue weighted by Gasteiger charge is -2.13. The number of Topliss-reactive ketones (excluding diaryl/α,β-unsaturated/α-hetero) is 1. The van der Waals surface area contributed by atoms with Crippen LogP contribution in [0.5, 0.6) is 11.5 Å². The van der Waals surface area contributed by atoms with Crippen molar-refractivity contribution in [2.75, 3.05) is 6.26 Å². The first-order valence-electron chi connectivity index (χ1n) is 5.93. The third kappa shape index (κ3) is 3.86. The van der Waals surface area contributed by atoms with E-state index >= 15 is 0 Å². The second kappa shape index (κ2) is 6.93. The highest BCUT2D eigenvalue weighted by Gasteiger charge is 2.15. The van der Waals surface area contributed by atoms with E-state index in [1.807, 2.05) is 12.3 Å². The van der Waals surface area contributed by atoms with Gasteiger partial charge in [0, 0.05) is 9.92 Å². The van der Waals surface area contributed by atoms with Crippen LogP contribution in [0, 0.1) is 0 Å². The van der Waals surface area contributed by atoms with Gasteiger partial charge in [0.15, 0.2) is 11.5 Å². The Morgan fingerprint density at radius 1 is 1.10 bits per heavy atom. The third-order valence-electron chi connectivity index (χ3n) is 2.74. The Morgan fingerprint density at radius 2 is 1.71 bits per heavy atom. The summed E-state index contributed by atoms with van der Waals surface area (Å²) in [5.74, 6) is 0.600. The maximum atomic E-state index is 11.7. The van der Waals surface area contributed by atoms with Crippen LogP contribution in [0.25, 0.3) is 0 Å². The van der Waals surface area contributed by atoms with E-state index in [1.54, 1.807) is 23.9 Å². The van der Waals surface area contributed by atoms with Gasteiger partial charge in [-0.05, 0) is 43.5 Å². The average molecular weight is 362 g/mol. The molecule has 0 unspecified atom stereocenters. The first-order chi connectivity index (χ1) is 9.92. The van der Waals surface area contributed by atoms with E-state index in [0.717, 1.165) is 4.90 Å². The van der Waals surface area contributed by atoms with E-state index in [2.05, 4.69) is 0 Å². The van der Waals surface area contributed by atoms with Crippen LogP contribution in [0.15, 0.2) is 35.2 Å². The van der Waals surface area contributed by atoms with Crippen LogP contribution in [0.2, 0.25) is 15.1 Å². The van der Waals surface area contributed by atoms with Crippen LogP contribution in [-0.2, 0) is 0 Å². The van der Waals surface area contributed by atoms with Crippen LogP contribution in [0.1, 0.15) is 17.3 Å². The van der Waals surface area contributed by atoms with Crippen molar-refractivity contribution in [3.63, 3.8) is 0 Å². The van der Waals surface area contributed by atoms with Gasteiger partial charge in [-0.3, -0.25) is 4.79 Å². The monoisotopic (exact) mass is 360 g/mol. The Bertz CT molecular complexity index is 678. The van der Waals surface area contributed by atoms with E-state index in [0.29, 0.717) is 16.3 Å². The van der Waals surface area contributed by atoms with E-state index in [4.69, 9.17) is 39.5 Å². The summed E-state index contributed by atoms with van der Waals surface area (Å²) in [5.41, 5.74) is 0.467. The van der Waals surface area contributed by atoms with Gasteiger partial charge in [-0.15, -0.1) is 11.8 Å². The van der Waals surface area contributed by atoms with Gasteiger partial charge in [0.25, 0.3) is 0 Å². The van der Waals surface area contributed by atoms with E-state index in [9.17, 15) is 4.79 Å². The fourth-order valence-corrected chi connectivity index (χ4v) is 3.06. The van der Waals surface area contributed by atoms with Gasteiger partial charge < -0.3 is 4.74 Å². The molecule has 0 aromatic heterocycles. The summed E-state index contributed by atoms with van der Waals surface area (Å²) in [7, 11) is 0. The van der Waals surface area contributed by atoms with Gasteiger partial charge in [0.2, 0.25) is 0 Å². The summed E-state index contributed by atoms with van der Waals surface area (Å²) < 4.78 is 5.77. The number of benzene rings is 2. The molecule has 2 rings (SSSR count). The Balaban J connectivity index is 2.50. The molecule has 0 saturated heterocycles. The second-order valence-electron chi connectivity index (χ2n) is 4.22. The minimum atomic E-state index is -0.0983. The molecule has 0 heterocycles. The molecule has 0 bridgehead atoms. The molecular weight excluding hydrogens is 351 g/mol. The normalized spacial score (nSPS) is 10.5. The molecule has 0 amide bonds. The molecule has 0 radical (unpaired) electrons. The quantitative estimate of drug-likeness (QED) is 0.468. The predicted molar refractivity (Wildman–Crippen MR) is 89.8 cm³/mol. The molecule has 2 aromatic rings. The zero-order valence-corrected chi connectivity index (χ0v) is 14.3. The first-order valence-corrected chi connectivity index (χ1v) is 8.29. The summed E-state index contributed by atoms with van der Waals surface area (Å²) in [6, 6.07) is 8.44. The standard InChI is InChI=1S/C15H11Cl3O2S/c1-8(19)11-4-3-10(21-2)7-14(11)20-15-12(17)5-9(16)6-13(15)18/h3-7H,1-2H3. The van der Waals surface area contributed by atoms with Crippen LogP contribution < -0.4 is 4.74 Å². The van der Waals surface area contributed by atoms with E-state index < -0.39 is 0 Å². The summed E-state index contributed by atoms with van der Waals surface area (Å²) in [6.45, 7) is 1.48. The van der Waals surface area contributed by atoms with Gasteiger partial charge in [0.1, 0.15) is 5.75 Å². The molecule has 0 fully saturated rings. The molecule has 0 aliphatic carbocycles. The first kappa shape index (κ1) is 16.5. The SMILES string of the molecule is CSc1ccc(C(C)=O)c(Oc2c(Cl)cc(Cl)cc2Cl)c1. The molecule has 110 valence electrons. The van der Waals surface area contributed by atoms with Crippen molar-refractivity contribution in [1.29, 1.82) is 0 Å². The van der Waals surface area contributed by atoms with Gasteiger partial charge in [-0.2, -0.15) is 0 Å². The lowest BCUT2D eigenvalue weighted by Crippen LogP contribution is -1.98. The second-order valence-corrected chi connectivity index (χ2v) is 6.35. The number of ketones is 1. The molecular formula is C15H11Cl3O2S. The number of rotatable bonds is 4. The van der Waals surface area contributed by atoms with Crippen LogP contribution in [-0.4, -0.2) is 12.0 Å². The smallest absolute Gasteiger partial charge is 0.164 e. The number of carbonyl (C=O) groups excluding carboxylic acids is 1. The van der Waals surface area contributed by atoms with Crippen LogP contribution in [0.4, 0.5) is 0 Å². The Kier molecular flexibility index (Phi) is 5.44. The molecule has 6 heteroatoms. The molecule has 0 saturated carbocycles. The third-order valence-corrected chi connectivity index (χ3v) is 4.25. The molecule has 0 spiro atoms. The van der Waals surface area contributed by atoms with E-state index in [-0.39, 0.29) is 21.6 Å². The number of thioether (sulfide) groups is 1. The fraction of sp³-hybridized carbons (Fsp3) is 0.133. The number of hydrogen-bond donors (Lipinski definition) is 0. The van der Waals surface area contributed by atoms with Crippen molar-refractivity contribution in [2.24, 2.45) is 0 Å². The van der Waals surface area contributed by atoms with Gasteiger partial charge >= 0.3 is 0 Å². The zero-order valence-electron chi connectivity index (χ0n) is 11.2. The molecule has 2 nitrogen and oxygen atoms in total. The maximum Gasteiger partial charge on any atom is 0.164 e. The minimum Gasteiger partial charge on any atom is -0.453 e. The van der Waals surface area contributed by atoms with Crippen molar-refractivity contribution in [1.82, 2.24) is 0 Å².